The van der Waals surface area contributed by atoms with Crippen LogP contribution in [0.25, 0.3) is 0 Å². The first-order valence-electron chi connectivity index (χ1n) is 6.23. The minimum Gasteiger partial charge on any atom is -0.480 e. The summed E-state index contributed by atoms with van der Waals surface area (Å²) in [6.07, 6.45) is 2.78. The van der Waals surface area contributed by atoms with Gasteiger partial charge in [0.15, 0.2) is 0 Å². The first-order chi connectivity index (χ1) is 7.67. The average molecular weight is 241 g/mol. The van der Waals surface area contributed by atoms with E-state index in [9.17, 15) is 14.7 Å². The summed E-state index contributed by atoms with van der Waals surface area (Å²) in [5.41, 5.74) is -1.59. The number of nitrogens with one attached hydrogen (secondary N) is 1. The molecule has 0 aliphatic heterocycles. The number of hydrogen-bond donors (Lipinski definition) is 2. The van der Waals surface area contributed by atoms with E-state index in [-0.39, 0.29) is 5.91 Å². The molecule has 0 aromatic heterocycles. The van der Waals surface area contributed by atoms with Gasteiger partial charge in [-0.3, -0.25) is 4.79 Å². The number of carboxylic acid groups (broad SMARTS) is 1. The molecular formula is C13H23NO3. The third-order valence-electron chi connectivity index (χ3n) is 3.57. The van der Waals surface area contributed by atoms with Gasteiger partial charge in [0.05, 0.1) is 0 Å². The van der Waals surface area contributed by atoms with Crippen LogP contribution in [0, 0.1) is 11.3 Å². The molecule has 17 heavy (non-hydrogen) atoms. The fourth-order valence-corrected chi connectivity index (χ4v) is 2.05. The molecule has 0 aromatic carbocycles. The maximum absolute atomic E-state index is 11.9. The number of carbonyl (C=O) groups excluding carboxylic acids is 1. The van der Waals surface area contributed by atoms with Gasteiger partial charge in [0.2, 0.25) is 5.91 Å². The maximum atomic E-state index is 11.9. The van der Waals surface area contributed by atoms with Crippen LogP contribution in [0.4, 0.5) is 0 Å². The van der Waals surface area contributed by atoms with Crippen molar-refractivity contribution in [3.63, 3.8) is 0 Å². The lowest BCUT2D eigenvalue weighted by atomic mass is 9.76. The quantitative estimate of drug-likeness (QED) is 0.778. The molecule has 1 fully saturated rings. The third-order valence-corrected chi connectivity index (χ3v) is 3.57. The second-order valence-electron chi connectivity index (χ2n) is 6.27. The monoisotopic (exact) mass is 241 g/mol. The van der Waals surface area contributed by atoms with Gasteiger partial charge >= 0.3 is 5.97 Å². The number of amides is 1. The van der Waals surface area contributed by atoms with E-state index in [4.69, 9.17) is 0 Å². The molecule has 0 bridgehead atoms. The molecule has 0 radical (unpaired) electrons. The van der Waals surface area contributed by atoms with Crippen LogP contribution in [-0.4, -0.2) is 22.5 Å². The fraction of sp³-hybridized carbons (Fsp3) is 0.846. The Morgan fingerprint density at radius 1 is 1.24 bits per heavy atom. The molecule has 4 heteroatoms. The molecule has 1 rings (SSSR count). The highest BCUT2D eigenvalue weighted by Crippen LogP contribution is 2.33. The standard InChI is InChI=1S/C13H23NO3/c1-9-5-7-13(8-6-9,11(16)17)14-10(15)12(2,3)4/h9H,5-8H2,1-4H3,(H,14,15)(H,16,17). The summed E-state index contributed by atoms with van der Waals surface area (Å²) >= 11 is 0. The summed E-state index contributed by atoms with van der Waals surface area (Å²) in [6.45, 7) is 7.51. The summed E-state index contributed by atoms with van der Waals surface area (Å²) in [7, 11) is 0. The molecule has 4 nitrogen and oxygen atoms in total. The third kappa shape index (κ3) is 3.20. The summed E-state index contributed by atoms with van der Waals surface area (Å²) in [5, 5.41) is 12.1. The lowest BCUT2D eigenvalue weighted by molar-refractivity contribution is -0.151. The van der Waals surface area contributed by atoms with Crippen molar-refractivity contribution in [3.05, 3.63) is 0 Å². The molecular weight excluding hydrogens is 218 g/mol. The number of aliphatic carboxylic acids is 1. The Balaban J connectivity index is 2.81. The van der Waals surface area contributed by atoms with E-state index < -0.39 is 16.9 Å². The minimum atomic E-state index is -1.04. The number of hydrogen-bond acceptors (Lipinski definition) is 2. The van der Waals surface area contributed by atoms with Gasteiger partial charge in [0, 0.05) is 5.41 Å². The highest BCUT2D eigenvalue weighted by atomic mass is 16.4. The molecule has 98 valence electrons. The van der Waals surface area contributed by atoms with Gasteiger partial charge in [-0.1, -0.05) is 27.7 Å². The first-order valence-corrected chi connectivity index (χ1v) is 6.23. The largest absolute Gasteiger partial charge is 0.480 e. The van der Waals surface area contributed by atoms with Gasteiger partial charge in [-0.15, -0.1) is 0 Å². The molecule has 1 saturated carbocycles. The van der Waals surface area contributed by atoms with Crippen molar-refractivity contribution in [2.45, 2.75) is 58.9 Å². The zero-order valence-corrected chi connectivity index (χ0v) is 11.2. The molecule has 1 aliphatic carbocycles. The van der Waals surface area contributed by atoms with Crippen molar-refractivity contribution in [2.75, 3.05) is 0 Å². The Kier molecular flexibility index (Phi) is 3.84. The molecule has 2 N–H and O–H groups in total. The van der Waals surface area contributed by atoms with Crippen LogP contribution in [0.5, 0.6) is 0 Å². The van der Waals surface area contributed by atoms with Gasteiger partial charge in [-0.25, -0.2) is 4.79 Å². The zero-order chi connectivity index (χ0) is 13.3. The topological polar surface area (TPSA) is 66.4 Å². The number of carbonyl (C=O) groups is 2. The van der Waals surface area contributed by atoms with Crippen LogP contribution in [-0.2, 0) is 9.59 Å². The molecule has 1 amide bonds. The molecule has 0 spiro atoms. The van der Waals surface area contributed by atoms with E-state index in [2.05, 4.69) is 12.2 Å². The van der Waals surface area contributed by atoms with Gasteiger partial charge in [-0.05, 0) is 31.6 Å². The van der Waals surface area contributed by atoms with E-state index in [0.717, 1.165) is 12.8 Å². The van der Waals surface area contributed by atoms with Crippen molar-refractivity contribution in [1.82, 2.24) is 5.32 Å². The molecule has 0 unspecified atom stereocenters. The normalized spacial score (nSPS) is 29.8. The number of carboxylic acids is 1. The van der Waals surface area contributed by atoms with E-state index in [0.29, 0.717) is 18.8 Å². The van der Waals surface area contributed by atoms with Crippen LogP contribution in [0.15, 0.2) is 0 Å². The predicted molar refractivity (Wildman–Crippen MR) is 65.6 cm³/mol. The second kappa shape index (κ2) is 4.67. The highest BCUT2D eigenvalue weighted by molar-refractivity contribution is 5.89. The van der Waals surface area contributed by atoms with E-state index in [1.54, 1.807) is 20.8 Å². The highest BCUT2D eigenvalue weighted by Gasteiger charge is 2.43. The zero-order valence-electron chi connectivity index (χ0n) is 11.2. The Morgan fingerprint density at radius 2 is 1.71 bits per heavy atom. The SMILES string of the molecule is CC1CCC(NC(=O)C(C)(C)C)(C(=O)O)CC1. The van der Waals surface area contributed by atoms with Crippen molar-refractivity contribution >= 4 is 11.9 Å². The van der Waals surface area contributed by atoms with Gasteiger partial charge in [0.25, 0.3) is 0 Å². The Bertz CT molecular complexity index is 309. The summed E-state index contributed by atoms with van der Waals surface area (Å²) in [5.74, 6) is -0.537. The van der Waals surface area contributed by atoms with E-state index >= 15 is 0 Å². The molecule has 0 heterocycles. The lowest BCUT2D eigenvalue weighted by Gasteiger charge is -2.38. The van der Waals surface area contributed by atoms with E-state index in [1.165, 1.54) is 0 Å². The predicted octanol–water partition coefficient (Wildman–Crippen LogP) is 2.18. The molecule has 1 aliphatic rings. The molecule has 0 saturated heterocycles. The van der Waals surface area contributed by atoms with Gasteiger partial charge < -0.3 is 10.4 Å². The Hall–Kier alpha value is -1.06. The summed E-state index contributed by atoms with van der Waals surface area (Å²) in [6, 6.07) is 0. The van der Waals surface area contributed by atoms with Crippen LogP contribution in [0.1, 0.15) is 53.4 Å². The van der Waals surface area contributed by atoms with Gasteiger partial charge in [0.1, 0.15) is 5.54 Å². The minimum absolute atomic E-state index is 0.186. The lowest BCUT2D eigenvalue weighted by Crippen LogP contribution is -2.58. The second-order valence-corrected chi connectivity index (χ2v) is 6.27. The Labute approximate surface area is 103 Å². The van der Waals surface area contributed by atoms with Crippen molar-refractivity contribution in [2.24, 2.45) is 11.3 Å². The van der Waals surface area contributed by atoms with Crippen LogP contribution < -0.4 is 5.32 Å². The maximum Gasteiger partial charge on any atom is 0.329 e. The van der Waals surface area contributed by atoms with Crippen molar-refractivity contribution in [3.8, 4) is 0 Å². The molecule has 0 atom stereocenters. The Morgan fingerprint density at radius 3 is 2.06 bits per heavy atom. The first kappa shape index (κ1) is 14.0. The number of rotatable bonds is 2. The van der Waals surface area contributed by atoms with Crippen LogP contribution >= 0.6 is 0 Å². The summed E-state index contributed by atoms with van der Waals surface area (Å²) < 4.78 is 0. The van der Waals surface area contributed by atoms with Crippen LogP contribution in [0.3, 0.4) is 0 Å². The van der Waals surface area contributed by atoms with Crippen molar-refractivity contribution in [1.29, 1.82) is 0 Å². The summed E-state index contributed by atoms with van der Waals surface area (Å²) in [4.78, 5) is 23.4. The fourth-order valence-electron chi connectivity index (χ4n) is 2.05. The van der Waals surface area contributed by atoms with Crippen LogP contribution in [0.2, 0.25) is 0 Å². The molecule has 0 aromatic rings. The smallest absolute Gasteiger partial charge is 0.329 e. The van der Waals surface area contributed by atoms with Crippen molar-refractivity contribution < 1.29 is 14.7 Å². The van der Waals surface area contributed by atoms with E-state index in [1.807, 2.05) is 0 Å². The van der Waals surface area contributed by atoms with Gasteiger partial charge in [-0.2, -0.15) is 0 Å². The average Bonchev–Trinajstić information content (AvgIpc) is 2.20.